The maximum Gasteiger partial charge on any atom is 0.338 e. The average Bonchev–Trinajstić information content (AvgIpc) is 3.24. The van der Waals surface area contributed by atoms with Crippen LogP contribution >= 0.6 is 0 Å². The van der Waals surface area contributed by atoms with Gasteiger partial charge in [0.25, 0.3) is 0 Å². The molecule has 1 N–H and O–H groups in total. The lowest BCUT2D eigenvalue weighted by atomic mass is 9.95. The lowest BCUT2D eigenvalue weighted by Gasteiger charge is -2.32. The van der Waals surface area contributed by atoms with Crippen LogP contribution in [0.15, 0.2) is 40.1 Å². The molecule has 0 saturated carbocycles. The van der Waals surface area contributed by atoms with Gasteiger partial charge in [-0.2, -0.15) is 4.98 Å². The highest BCUT2D eigenvalue weighted by atomic mass is 16.5. The zero-order valence-corrected chi connectivity index (χ0v) is 14.9. The predicted octanol–water partition coefficient (Wildman–Crippen LogP) is 1.85. The lowest BCUT2D eigenvalue weighted by molar-refractivity contribution is -0.136. The smallest absolute Gasteiger partial charge is 0.338 e. The normalized spacial score (nSPS) is 19.0. The van der Waals surface area contributed by atoms with Gasteiger partial charge in [0.2, 0.25) is 5.89 Å². The fourth-order valence-electron chi connectivity index (χ4n) is 3.19. The number of aromatic nitrogens is 2. The van der Waals surface area contributed by atoms with Crippen LogP contribution in [0.2, 0.25) is 0 Å². The summed E-state index contributed by atoms with van der Waals surface area (Å²) in [6.07, 6.45) is 0. The van der Waals surface area contributed by atoms with E-state index in [1.165, 1.54) is 4.90 Å². The number of urea groups is 1. The Kier molecular flexibility index (Phi) is 4.27. The van der Waals surface area contributed by atoms with Crippen molar-refractivity contribution in [2.75, 3.05) is 13.2 Å². The summed E-state index contributed by atoms with van der Waals surface area (Å²) >= 11 is 0. The number of benzene rings is 1. The molecule has 2 aliphatic heterocycles. The number of rotatable bonds is 5. The van der Waals surface area contributed by atoms with Crippen LogP contribution < -0.4 is 10.1 Å². The first-order valence-corrected chi connectivity index (χ1v) is 8.57. The molecule has 3 heterocycles. The molecular weight excluding hydrogens is 352 g/mol. The second kappa shape index (κ2) is 6.75. The summed E-state index contributed by atoms with van der Waals surface area (Å²) in [7, 11) is 0. The Balaban J connectivity index is 1.66. The maximum atomic E-state index is 12.7. The highest BCUT2D eigenvalue weighted by molar-refractivity contribution is 5.97. The number of amides is 2. The molecule has 0 bridgehead atoms. The number of nitrogens with one attached hydrogen (secondary N) is 1. The van der Waals surface area contributed by atoms with E-state index in [1.807, 2.05) is 19.1 Å². The van der Waals surface area contributed by atoms with Crippen molar-refractivity contribution in [1.29, 1.82) is 0 Å². The Labute approximate surface area is 154 Å². The van der Waals surface area contributed by atoms with E-state index in [4.69, 9.17) is 14.0 Å². The fourth-order valence-corrected chi connectivity index (χ4v) is 3.19. The minimum Gasteiger partial charge on any atom is -0.494 e. The zero-order valence-electron chi connectivity index (χ0n) is 14.9. The van der Waals surface area contributed by atoms with Gasteiger partial charge in [-0.25, -0.2) is 9.59 Å². The molecule has 1 atom stereocenters. The van der Waals surface area contributed by atoms with E-state index in [-0.39, 0.29) is 25.1 Å². The third kappa shape index (κ3) is 3.12. The van der Waals surface area contributed by atoms with Gasteiger partial charge >= 0.3 is 12.0 Å². The Morgan fingerprint density at radius 2 is 2.07 bits per heavy atom. The highest BCUT2D eigenvalue weighted by Gasteiger charge is 2.42. The number of carbonyl (C=O) groups excluding carboxylic acids is 2. The van der Waals surface area contributed by atoms with Gasteiger partial charge in [0, 0.05) is 0 Å². The number of aryl methyl sites for hydroxylation is 1. The number of hydrogen-bond donors (Lipinski definition) is 1. The molecule has 2 aromatic rings. The van der Waals surface area contributed by atoms with Crippen molar-refractivity contribution >= 4 is 12.0 Å². The van der Waals surface area contributed by atoms with Crippen LogP contribution in [0.1, 0.15) is 30.2 Å². The van der Waals surface area contributed by atoms with Crippen LogP contribution in [0.5, 0.6) is 5.75 Å². The van der Waals surface area contributed by atoms with Gasteiger partial charge < -0.3 is 19.3 Å². The summed E-state index contributed by atoms with van der Waals surface area (Å²) in [6.45, 7) is 4.25. The van der Waals surface area contributed by atoms with E-state index in [0.717, 1.165) is 11.3 Å². The third-order valence-corrected chi connectivity index (χ3v) is 4.39. The standard InChI is InChI=1S/C18H18N4O5/c1-3-25-12-6-4-11(5-7-12)16-15-13(9-26-17(15)23)22(18(24)20-16)8-14-19-10(2)21-27-14/h4-7,16H,3,8-9H2,1-2H3,(H,20,24). The van der Waals surface area contributed by atoms with Crippen LogP contribution in [0.3, 0.4) is 0 Å². The van der Waals surface area contributed by atoms with Gasteiger partial charge in [-0.3, -0.25) is 4.90 Å². The maximum absolute atomic E-state index is 12.7. The fraction of sp³-hybridized carbons (Fsp3) is 0.333. The van der Waals surface area contributed by atoms with Crippen molar-refractivity contribution in [2.45, 2.75) is 26.4 Å². The van der Waals surface area contributed by atoms with Crippen LogP contribution in [-0.4, -0.2) is 40.3 Å². The molecule has 0 aliphatic carbocycles. The van der Waals surface area contributed by atoms with E-state index < -0.39 is 12.0 Å². The Morgan fingerprint density at radius 1 is 1.30 bits per heavy atom. The molecule has 4 rings (SSSR count). The number of cyclic esters (lactones) is 1. The first-order chi connectivity index (χ1) is 13.1. The second-order valence-electron chi connectivity index (χ2n) is 6.14. The van der Waals surface area contributed by atoms with Crippen LogP contribution in [0, 0.1) is 6.92 Å². The molecule has 140 valence electrons. The highest BCUT2D eigenvalue weighted by Crippen LogP contribution is 2.36. The zero-order chi connectivity index (χ0) is 19.0. The van der Waals surface area contributed by atoms with Crippen LogP contribution in [0.4, 0.5) is 4.79 Å². The topological polar surface area (TPSA) is 107 Å². The van der Waals surface area contributed by atoms with Crippen molar-refractivity contribution in [3.8, 4) is 5.75 Å². The number of nitrogens with zero attached hydrogens (tertiary/aromatic N) is 3. The molecule has 0 spiro atoms. The quantitative estimate of drug-likeness (QED) is 0.801. The van der Waals surface area contributed by atoms with Gasteiger partial charge in [0.05, 0.1) is 23.9 Å². The van der Waals surface area contributed by atoms with Gasteiger partial charge in [-0.15, -0.1) is 0 Å². The third-order valence-electron chi connectivity index (χ3n) is 4.39. The first-order valence-electron chi connectivity index (χ1n) is 8.57. The van der Waals surface area contributed by atoms with E-state index in [1.54, 1.807) is 19.1 Å². The summed E-state index contributed by atoms with van der Waals surface area (Å²) < 4.78 is 15.7. The molecule has 1 unspecified atom stereocenters. The van der Waals surface area contributed by atoms with E-state index in [9.17, 15) is 9.59 Å². The monoisotopic (exact) mass is 370 g/mol. The molecule has 1 aromatic carbocycles. The van der Waals surface area contributed by atoms with Crippen molar-refractivity contribution < 1.29 is 23.6 Å². The summed E-state index contributed by atoms with van der Waals surface area (Å²) in [5.74, 6) is 1.03. The number of hydrogen-bond acceptors (Lipinski definition) is 7. The summed E-state index contributed by atoms with van der Waals surface area (Å²) in [5, 5.41) is 6.58. The molecule has 0 fully saturated rings. The molecular formula is C18H18N4O5. The van der Waals surface area contributed by atoms with Crippen molar-refractivity contribution in [3.63, 3.8) is 0 Å². The molecule has 2 aliphatic rings. The summed E-state index contributed by atoms with van der Waals surface area (Å²) in [4.78, 5) is 30.6. The molecule has 9 heteroatoms. The number of esters is 1. The summed E-state index contributed by atoms with van der Waals surface area (Å²) in [6, 6.07) is 6.31. The summed E-state index contributed by atoms with van der Waals surface area (Å²) in [5.41, 5.74) is 1.69. The molecule has 2 amide bonds. The first kappa shape index (κ1) is 17.1. The Morgan fingerprint density at radius 3 is 2.74 bits per heavy atom. The van der Waals surface area contributed by atoms with E-state index >= 15 is 0 Å². The van der Waals surface area contributed by atoms with Crippen molar-refractivity contribution in [3.05, 3.63) is 52.8 Å². The van der Waals surface area contributed by atoms with Gasteiger partial charge in [0.15, 0.2) is 5.82 Å². The minimum atomic E-state index is -0.584. The van der Waals surface area contributed by atoms with Crippen LogP contribution in [-0.2, 0) is 16.1 Å². The number of ether oxygens (including phenoxy) is 2. The minimum absolute atomic E-state index is 0.0300. The Hall–Kier alpha value is -3.36. The molecule has 0 radical (unpaired) electrons. The van der Waals surface area contributed by atoms with Gasteiger partial charge in [-0.1, -0.05) is 17.3 Å². The van der Waals surface area contributed by atoms with E-state index in [2.05, 4.69) is 15.5 Å². The van der Waals surface area contributed by atoms with Gasteiger partial charge in [0.1, 0.15) is 18.9 Å². The molecule has 9 nitrogen and oxygen atoms in total. The van der Waals surface area contributed by atoms with Gasteiger partial charge in [-0.05, 0) is 31.5 Å². The number of carbonyl (C=O) groups is 2. The van der Waals surface area contributed by atoms with Crippen molar-refractivity contribution in [1.82, 2.24) is 20.4 Å². The SMILES string of the molecule is CCOc1ccc(C2NC(=O)N(Cc3nc(C)no3)C3=C2C(=O)OC3)cc1. The average molecular weight is 370 g/mol. The van der Waals surface area contributed by atoms with Crippen molar-refractivity contribution in [2.24, 2.45) is 0 Å². The molecule has 27 heavy (non-hydrogen) atoms. The Bertz CT molecular complexity index is 918. The van der Waals surface area contributed by atoms with E-state index in [0.29, 0.717) is 23.7 Å². The predicted molar refractivity (Wildman–Crippen MR) is 91.4 cm³/mol. The molecule has 1 aromatic heterocycles. The second-order valence-corrected chi connectivity index (χ2v) is 6.14. The lowest BCUT2D eigenvalue weighted by Crippen LogP contribution is -2.46. The largest absolute Gasteiger partial charge is 0.494 e. The van der Waals surface area contributed by atoms with Crippen LogP contribution in [0.25, 0.3) is 0 Å². The molecule has 0 saturated heterocycles.